The summed E-state index contributed by atoms with van der Waals surface area (Å²) in [4.78, 5) is 22.3. The summed E-state index contributed by atoms with van der Waals surface area (Å²) < 4.78 is 10.3. The number of esters is 1. The van der Waals surface area contributed by atoms with Crippen molar-refractivity contribution in [1.82, 2.24) is 5.32 Å². The van der Waals surface area contributed by atoms with Gasteiger partial charge in [0.05, 0.1) is 6.61 Å². The lowest BCUT2D eigenvalue weighted by molar-refractivity contribution is -0.150. The predicted octanol–water partition coefficient (Wildman–Crippen LogP) is 1.14. The highest BCUT2D eigenvalue weighted by Crippen LogP contribution is 2.26. The van der Waals surface area contributed by atoms with Gasteiger partial charge < -0.3 is 19.6 Å². The molecule has 2 aromatic rings. The van der Waals surface area contributed by atoms with E-state index >= 15 is 0 Å². The molecule has 1 aromatic heterocycles. The van der Waals surface area contributed by atoms with Gasteiger partial charge in [0.15, 0.2) is 6.04 Å². The largest absolute Gasteiger partial charge is 0.464 e. The predicted molar refractivity (Wildman–Crippen MR) is 70.8 cm³/mol. The molecule has 2 N–H and O–H groups in total. The summed E-state index contributed by atoms with van der Waals surface area (Å²) in [5.74, 6) is -0.522. The Hall–Kier alpha value is -2.34. The van der Waals surface area contributed by atoms with Crippen LogP contribution >= 0.6 is 0 Å². The topological polar surface area (TPSA) is 88.8 Å². The zero-order valence-corrected chi connectivity index (χ0v) is 10.9. The number of hydrogen-bond donors (Lipinski definition) is 2. The first-order valence-electron chi connectivity index (χ1n) is 6.20. The van der Waals surface area contributed by atoms with E-state index in [-0.39, 0.29) is 12.4 Å². The Balaban J connectivity index is 2.27. The maximum atomic E-state index is 11.7. The monoisotopic (exact) mass is 277 g/mol. The summed E-state index contributed by atoms with van der Waals surface area (Å²) in [7, 11) is 0. The SMILES string of the molecule is CCOC(=O)C(NC=O)C(O)c1cc2ccccc2o1. The van der Waals surface area contributed by atoms with Crippen LogP contribution in [0.2, 0.25) is 0 Å². The zero-order valence-electron chi connectivity index (χ0n) is 10.9. The quantitative estimate of drug-likeness (QED) is 0.610. The number of aliphatic hydroxyl groups is 1. The molecule has 0 saturated heterocycles. The lowest BCUT2D eigenvalue weighted by Crippen LogP contribution is -2.42. The summed E-state index contributed by atoms with van der Waals surface area (Å²) in [6, 6.07) is 7.63. The van der Waals surface area contributed by atoms with E-state index in [1.165, 1.54) is 0 Å². The normalized spacial score (nSPS) is 13.7. The molecular formula is C14H15NO5. The van der Waals surface area contributed by atoms with Crippen molar-refractivity contribution in [2.75, 3.05) is 6.61 Å². The van der Waals surface area contributed by atoms with Crippen LogP contribution in [-0.4, -0.2) is 30.1 Å². The molecule has 0 saturated carbocycles. The van der Waals surface area contributed by atoms with Crippen molar-refractivity contribution in [3.8, 4) is 0 Å². The van der Waals surface area contributed by atoms with Gasteiger partial charge in [-0.15, -0.1) is 0 Å². The molecule has 0 aliphatic rings. The number of aliphatic hydroxyl groups excluding tert-OH is 1. The van der Waals surface area contributed by atoms with E-state index in [2.05, 4.69) is 5.32 Å². The Bertz CT molecular complexity index is 573. The van der Waals surface area contributed by atoms with Crippen molar-refractivity contribution in [3.05, 3.63) is 36.1 Å². The molecule has 6 nitrogen and oxygen atoms in total. The molecule has 1 heterocycles. The molecule has 0 aliphatic heterocycles. The van der Waals surface area contributed by atoms with Gasteiger partial charge in [-0.2, -0.15) is 0 Å². The summed E-state index contributed by atoms with van der Waals surface area (Å²) in [5, 5.41) is 13.2. The average Bonchev–Trinajstić information content (AvgIpc) is 2.88. The van der Waals surface area contributed by atoms with Crippen LogP contribution in [0, 0.1) is 0 Å². The fourth-order valence-electron chi connectivity index (χ4n) is 1.91. The summed E-state index contributed by atoms with van der Waals surface area (Å²) >= 11 is 0. The van der Waals surface area contributed by atoms with E-state index in [1.807, 2.05) is 12.1 Å². The Morgan fingerprint density at radius 1 is 1.50 bits per heavy atom. The standard InChI is InChI=1S/C14H15NO5/c1-2-19-14(18)12(15-8-16)13(17)11-7-9-5-3-4-6-10(9)20-11/h3-8,12-13,17H,2H2,1H3,(H,15,16). The maximum Gasteiger partial charge on any atom is 0.331 e. The lowest BCUT2D eigenvalue weighted by atomic mass is 10.1. The number of rotatable bonds is 6. The van der Waals surface area contributed by atoms with E-state index in [0.29, 0.717) is 12.0 Å². The number of nitrogens with one attached hydrogen (secondary N) is 1. The van der Waals surface area contributed by atoms with Crippen molar-refractivity contribution >= 4 is 23.3 Å². The number of ether oxygens (including phenoxy) is 1. The summed E-state index contributed by atoms with van der Waals surface area (Å²) in [5.41, 5.74) is 0.593. The molecule has 2 atom stereocenters. The van der Waals surface area contributed by atoms with Gasteiger partial charge in [0.1, 0.15) is 17.4 Å². The second-order valence-electron chi connectivity index (χ2n) is 4.15. The second kappa shape index (κ2) is 6.21. The molecule has 0 aliphatic carbocycles. The number of carbonyl (C=O) groups is 2. The average molecular weight is 277 g/mol. The molecule has 0 bridgehead atoms. The third-order valence-corrected chi connectivity index (χ3v) is 2.84. The van der Waals surface area contributed by atoms with Gasteiger partial charge in [0.25, 0.3) is 0 Å². The number of amides is 1. The first-order valence-corrected chi connectivity index (χ1v) is 6.20. The van der Waals surface area contributed by atoms with Crippen LogP contribution in [0.15, 0.2) is 34.7 Å². The molecule has 6 heteroatoms. The molecule has 20 heavy (non-hydrogen) atoms. The Kier molecular flexibility index (Phi) is 4.37. The first-order chi connectivity index (χ1) is 9.67. The maximum absolute atomic E-state index is 11.7. The Morgan fingerprint density at radius 3 is 2.90 bits per heavy atom. The smallest absolute Gasteiger partial charge is 0.331 e. The zero-order chi connectivity index (χ0) is 14.5. The number of furan rings is 1. The Morgan fingerprint density at radius 2 is 2.25 bits per heavy atom. The number of carbonyl (C=O) groups excluding carboxylic acids is 2. The van der Waals surface area contributed by atoms with Gasteiger partial charge >= 0.3 is 5.97 Å². The molecule has 0 spiro atoms. The molecule has 2 unspecified atom stereocenters. The first kappa shape index (κ1) is 14.1. The Labute approximate surface area is 115 Å². The van der Waals surface area contributed by atoms with Crippen molar-refractivity contribution < 1.29 is 23.8 Å². The lowest BCUT2D eigenvalue weighted by Gasteiger charge is -2.18. The summed E-state index contributed by atoms with van der Waals surface area (Å²) in [6.45, 7) is 1.80. The minimum absolute atomic E-state index is 0.155. The summed E-state index contributed by atoms with van der Waals surface area (Å²) in [6.07, 6.45) is -0.973. The number of hydrogen-bond acceptors (Lipinski definition) is 5. The van der Waals surface area contributed by atoms with Gasteiger partial charge in [-0.1, -0.05) is 18.2 Å². The number of fused-ring (bicyclic) bond motifs is 1. The number of para-hydroxylation sites is 1. The van der Waals surface area contributed by atoms with Crippen LogP contribution in [-0.2, 0) is 14.3 Å². The third-order valence-electron chi connectivity index (χ3n) is 2.84. The van der Waals surface area contributed by atoms with E-state index in [0.717, 1.165) is 5.39 Å². The van der Waals surface area contributed by atoms with Crippen LogP contribution in [0.3, 0.4) is 0 Å². The fourth-order valence-corrected chi connectivity index (χ4v) is 1.91. The van der Waals surface area contributed by atoms with Crippen LogP contribution in [0.25, 0.3) is 11.0 Å². The molecule has 0 fully saturated rings. The van der Waals surface area contributed by atoms with E-state index in [1.54, 1.807) is 25.1 Å². The fraction of sp³-hybridized carbons (Fsp3) is 0.286. The minimum Gasteiger partial charge on any atom is -0.464 e. The van der Waals surface area contributed by atoms with Crippen molar-refractivity contribution in [3.63, 3.8) is 0 Å². The van der Waals surface area contributed by atoms with E-state index < -0.39 is 18.1 Å². The molecule has 1 aromatic carbocycles. The van der Waals surface area contributed by atoms with Gasteiger partial charge in [0.2, 0.25) is 6.41 Å². The van der Waals surface area contributed by atoms with E-state index in [9.17, 15) is 14.7 Å². The number of benzene rings is 1. The third kappa shape index (κ3) is 2.80. The van der Waals surface area contributed by atoms with Crippen LogP contribution < -0.4 is 5.32 Å². The highest BCUT2D eigenvalue weighted by molar-refractivity contribution is 5.81. The van der Waals surface area contributed by atoms with Gasteiger partial charge in [-0.05, 0) is 19.1 Å². The molecular weight excluding hydrogens is 262 g/mol. The van der Waals surface area contributed by atoms with Crippen LogP contribution in [0.4, 0.5) is 0 Å². The molecule has 2 rings (SSSR count). The van der Waals surface area contributed by atoms with Crippen LogP contribution in [0.1, 0.15) is 18.8 Å². The van der Waals surface area contributed by atoms with E-state index in [4.69, 9.17) is 9.15 Å². The van der Waals surface area contributed by atoms with Gasteiger partial charge in [-0.3, -0.25) is 4.79 Å². The van der Waals surface area contributed by atoms with Crippen LogP contribution in [0.5, 0.6) is 0 Å². The van der Waals surface area contributed by atoms with Crippen molar-refractivity contribution in [2.45, 2.75) is 19.1 Å². The molecule has 1 amide bonds. The van der Waals surface area contributed by atoms with Crippen molar-refractivity contribution in [2.24, 2.45) is 0 Å². The van der Waals surface area contributed by atoms with Gasteiger partial charge in [-0.25, -0.2) is 4.79 Å². The second-order valence-corrected chi connectivity index (χ2v) is 4.15. The molecule has 0 radical (unpaired) electrons. The minimum atomic E-state index is -1.31. The highest BCUT2D eigenvalue weighted by Gasteiger charge is 2.31. The molecule has 106 valence electrons. The van der Waals surface area contributed by atoms with Gasteiger partial charge in [0, 0.05) is 5.39 Å². The van der Waals surface area contributed by atoms with Crippen molar-refractivity contribution in [1.29, 1.82) is 0 Å². The highest BCUT2D eigenvalue weighted by atomic mass is 16.5.